The van der Waals surface area contributed by atoms with E-state index in [4.69, 9.17) is 9.47 Å². The second-order valence-corrected chi connectivity index (χ2v) is 8.68. The Morgan fingerprint density at radius 3 is 2.62 bits per heavy atom. The Kier molecular flexibility index (Phi) is 7.27. The zero-order chi connectivity index (χ0) is 22.5. The minimum atomic E-state index is -0.166. The number of fused-ring (bicyclic) bond motifs is 1. The summed E-state index contributed by atoms with van der Waals surface area (Å²) in [6.45, 7) is 5.72. The van der Waals surface area contributed by atoms with E-state index >= 15 is 0 Å². The van der Waals surface area contributed by atoms with E-state index in [9.17, 15) is 9.59 Å². The molecule has 1 N–H and O–H groups in total. The predicted octanol–water partition coefficient (Wildman–Crippen LogP) is 3.40. The molecule has 1 aromatic heterocycles. The van der Waals surface area contributed by atoms with Gasteiger partial charge in [-0.1, -0.05) is 37.3 Å². The first-order chi connectivity index (χ1) is 15.6. The topological polar surface area (TPSA) is 72.8 Å². The smallest absolute Gasteiger partial charge is 0.270 e. The molecular weight excluding hydrogens is 406 g/mol. The Balaban J connectivity index is 1.54. The maximum atomic E-state index is 13.3. The molecule has 2 aromatic rings. The zero-order valence-electron chi connectivity index (χ0n) is 19.0. The highest BCUT2D eigenvalue weighted by Gasteiger charge is 2.29. The summed E-state index contributed by atoms with van der Waals surface area (Å²) in [5.41, 5.74) is 2.94. The van der Waals surface area contributed by atoms with Crippen LogP contribution < -0.4 is 5.32 Å². The van der Waals surface area contributed by atoms with Gasteiger partial charge in [0, 0.05) is 33.4 Å². The van der Waals surface area contributed by atoms with Gasteiger partial charge in [-0.2, -0.15) is 0 Å². The summed E-state index contributed by atoms with van der Waals surface area (Å²) in [6.07, 6.45) is 2.73. The molecule has 4 rings (SSSR count). The molecule has 1 atom stereocenters. The molecule has 3 heterocycles. The van der Waals surface area contributed by atoms with Crippen molar-refractivity contribution < 1.29 is 19.1 Å². The molecule has 0 radical (unpaired) electrons. The maximum absolute atomic E-state index is 13.3. The quantitative estimate of drug-likeness (QED) is 0.718. The van der Waals surface area contributed by atoms with Crippen LogP contribution >= 0.6 is 0 Å². The molecule has 2 aliphatic rings. The molecule has 32 heavy (non-hydrogen) atoms. The summed E-state index contributed by atoms with van der Waals surface area (Å²) in [6, 6.07) is 11.6. The second kappa shape index (κ2) is 10.3. The number of rotatable bonds is 7. The Labute approximate surface area is 189 Å². The minimum Gasteiger partial charge on any atom is -0.381 e. The van der Waals surface area contributed by atoms with Crippen LogP contribution in [0.15, 0.2) is 36.4 Å². The molecule has 2 amide bonds. The van der Waals surface area contributed by atoms with Gasteiger partial charge in [0.1, 0.15) is 5.69 Å². The molecule has 7 heteroatoms. The Hall–Kier alpha value is -2.64. The van der Waals surface area contributed by atoms with Crippen LogP contribution in [0.5, 0.6) is 0 Å². The van der Waals surface area contributed by atoms with Crippen LogP contribution in [-0.2, 0) is 22.6 Å². The van der Waals surface area contributed by atoms with Crippen molar-refractivity contribution in [1.29, 1.82) is 0 Å². The second-order valence-electron chi connectivity index (χ2n) is 8.68. The minimum absolute atomic E-state index is 0.0474. The van der Waals surface area contributed by atoms with Gasteiger partial charge < -0.3 is 24.3 Å². The van der Waals surface area contributed by atoms with E-state index in [1.807, 2.05) is 41.9 Å². The van der Waals surface area contributed by atoms with Crippen LogP contribution in [0, 0.1) is 5.92 Å². The summed E-state index contributed by atoms with van der Waals surface area (Å²) in [4.78, 5) is 28.4. The molecule has 0 spiro atoms. The van der Waals surface area contributed by atoms with Gasteiger partial charge in [0.25, 0.3) is 11.8 Å². The SMILES string of the molecule is CC[C@@H](NC(=O)c1cc(C(=O)N(C)CC2CCOCC2)n2c1COCC2)c1ccccc1. The maximum Gasteiger partial charge on any atom is 0.270 e. The van der Waals surface area contributed by atoms with Crippen molar-refractivity contribution in [2.45, 2.75) is 45.4 Å². The van der Waals surface area contributed by atoms with E-state index in [-0.39, 0.29) is 17.9 Å². The standard InChI is InChI=1S/C25H33N3O4/c1-3-21(19-7-5-4-6-8-19)26-24(29)20-15-22(28-11-14-32-17-23(20)28)25(30)27(2)16-18-9-12-31-13-10-18/h4-8,15,18,21H,3,9-14,16-17H2,1-2H3,(H,26,29)/t21-/m1/s1. The summed E-state index contributed by atoms with van der Waals surface area (Å²) in [5, 5.41) is 3.15. The van der Waals surface area contributed by atoms with Crippen LogP contribution in [0.3, 0.4) is 0 Å². The molecule has 2 aliphatic heterocycles. The van der Waals surface area contributed by atoms with E-state index in [2.05, 4.69) is 12.2 Å². The highest BCUT2D eigenvalue weighted by Crippen LogP contribution is 2.25. The molecule has 7 nitrogen and oxygen atoms in total. The van der Waals surface area contributed by atoms with E-state index in [0.717, 1.165) is 43.7 Å². The van der Waals surface area contributed by atoms with Gasteiger partial charge in [0.05, 0.1) is 30.5 Å². The number of nitrogens with zero attached hydrogens (tertiary/aromatic N) is 2. The summed E-state index contributed by atoms with van der Waals surface area (Å²) < 4.78 is 13.0. The Bertz CT molecular complexity index is 934. The van der Waals surface area contributed by atoms with E-state index in [0.29, 0.717) is 43.5 Å². The van der Waals surface area contributed by atoms with Crippen molar-refractivity contribution in [2.24, 2.45) is 5.92 Å². The average molecular weight is 440 g/mol. The number of benzene rings is 1. The van der Waals surface area contributed by atoms with Crippen LogP contribution in [-0.4, -0.2) is 54.7 Å². The van der Waals surface area contributed by atoms with Gasteiger partial charge in [0.15, 0.2) is 0 Å². The van der Waals surface area contributed by atoms with Crippen molar-refractivity contribution in [3.8, 4) is 0 Å². The highest BCUT2D eigenvalue weighted by molar-refractivity contribution is 6.00. The van der Waals surface area contributed by atoms with Gasteiger partial charge in [-0.3, -0.25) is 9.59 Å². The van der Waals surface area contributed by atoms with Gasteiger partial charge in [-0.15, -0.1) is 0 Å². The lowest BCUT2D eigenvalue weighted by molar-refractivity contribution is 0.0485. The molecule has 172 valence electrons. The van der Waals surface area contributed by atoms with Crippen molar-refractivity contribution in [2.75, 3.05) is 33.4 Å². The number of hydrogen-bond acceptors (Lipinski definition) is 4. The van der Waals surface area contributed by atoms with E-state index in [1.54, 1.807) is 11.0 Å². The number of carbonyl (C=O) groups is 2. The third-order valence-corrected chi connectivity index (χ3v) is 6.51. The summed E-state index contributed by atoms with van der Waals surface area (Å²) in [7, 11) is 1.85. The molecular formula is C25H33N3O4. The van der Waals surface area contributed by atoms with Gasteiger partial charge in [-0.05, 0) is 36.8 Å². The molecule has 1 aromatic carbocycles. The lowest BCUT2D eigenvalue weighted by Crippen LogP contribution is -2.35. The van der Waals surface area contributed by atoms with E-state index in [1.165, 1.54) is 0 Å². The first-order valence-electron chi connectivity index (χ1n) is 11.6. The van der Waals surface area contributed by atoms with Gasteiger partial charge in [-0.25, -0.2) is 0 Å². The summed E-state index contributed by atoms with van der Waals surface area (Å²) >= 11 is 0. The summed E-state index contributed by atoms with van der Waals surface area (Å²) in [5.74, 6) is 0.241. The molecule has 0 saturated carbocycles. The number of amides is 2. The fourth-order valence-electron chi connectivity index (χ4n) is 4.64. The van der Waals surface area contributed by atoms with Gasteiger partial charge >= 0.3 is 0 Å². The van der Waals surface area contributed by atoms with Gasteiger partial charge in [0.2, 0.25) is 0 Å². The lowest BCUT2D eigenvalue weighted by atomic mass is 10.00. The highest BCUT2D eigenvalue weighted by atomic mass is 16.5. The molecule has 1 fully saturated rings. The molecule has 1 saturated heterocycles. The third-order valence-electron chi connectivity index (χ3n) is 6.51. The number of nitrogens with one attached hydrogen (secondary N) is 1. The zero-order valence-corrected chi connectivity index (χ0v) is 19.0. The van der Waals surface area contributed by atoms with Crippen molar-refractivity contribution in [3.05, 3.63) is 58.9 Å². The molecule has 0 bridgehead atoms. The Morgan fingerprint density at radius 2 is 1.91 bits per heavy atom. The first-order valence-corrected chi connectivity index (χ1v) is 11.6. The average Bonchev–Trinajstić information content (AvgIpc) is 3.23. The fourth-order valence-corrected chi connectivity index (χ4v) is 4.64. The normalized spacial score (nSPS) is 17.4. The number of aromatic nitrogens is 1. The van der Waals surface area contributed by atoms with E-state index < -0.39 is 0 Å². The van der Waals surface area contributed by atoms with Crippen LogP contribution in [0.2, 0.25) is 0 Å². The largest absolute Gasteiger partial charge is 0.381 e. The van der Waals surface area contributed by atoms with Crippen molar-refractivity contribution >= 4 is 11.8 Å². The molecule has 0 unspecified atom stereocenters. The number of carbonyl (C=O) groups excluding carboxylic acids is 2. The van der Waals surface area contributed by atoms with Crippen LogP contribution in [0.1, 0.15) is 64.3 Å². The fraction of sp³-hybridized carbons (Fsp3) is 0.520. The lowest BCUT2D eigenvalue weighted by Gasteiger charge is -2.28. The Morgan fingerprint density at radius 1 is 1.16 bits per heavy atom. The first kappa shape index (κ1) is 22.6. The number of hydrogen-bond donors (Lipinski definition) is 1. The monoisotopic (exact) mass is 439 g/mol. The molecule has 0 aliphatic carbocycles. The van der Waals surface area contributed by atoms with Crippen molar-refractivity contribution in [3.63, 3.8) is 0 Å². The third kappa shape index (κ3) is 4.89. The van der Waals surface area contributed by atoms with Crippen molar-refractivity contribution in [1.82, 2.24) is 14.8 Å². The van der Waals surface area contributed by atoms with Crippen LogP contribution in [0.25, 0.3) is 0 Å². The predicted molar refractivity (Wildman–Crippen MR) is 122 cm³/mol. The number of ether oxygens (including phenoxy) is 2. The van der Waals surface area contributed by atoms with Crippen LogP contribution in [0.4, 0.5) is 0 Å².